The first-order valence-corrected chi connectivity index (χ1v) is 5.25. The number of carboxylic acid groups (broad SMARTS) is 2. The van der Waals surface area contributed by atoms with Gasteiger partial charge in [-0.05, 0) is 18.1 Å². The average Bonchev–Trinajstić information content (AvgIpc) is 2.55. The smallest absolute Gasteiger partial charge is 0.318 e. The number of carbonyl (C=O) groups is 2. The molecule has 0 fully saturated rings. The summed E-state index contributed by atoms with van der Waals surface area (Å²) in [7, 11) is 0. The minimum absolute atomic E-state index is 0.568. The Bertz CT molecular complexity index is 502. The molecule has 0 aromatic heterocycles. The van der Waals surface area contributed by atoms with Crippen LogP contribution in [0.1, 0.15) is 24.0 Å². The third-order valence-electron chi connectivity index (χ3n) is 3.07. The van der Waals surface area contributed by atoms with E-state index in [1.165, 1.54) is 0 Å². The molecular weight excluding hydrogens is 220 g/mol. The molecule has 0 heterocycles. The highest BCUT2D eigenvalue weighted by molar-refractivity contribution is 5.95. The first-order valence-electron chi connectivity index (χ1n) is 5.25. The van der Waals surface area contributed by atoms with Gasteiger partial charge in [0.05, 0.1) is 0 Å². The molecule has 1 aromatic rings. The van der Waals surface area contributed by atoms with Gasteiger partial charge in [0.1, 0.15) is 0 Å². The molecule has 0 amide bonds. The predicted octanol–water partition coefficient (Wildman–Crippen LogP) is 1.97. The zero-order valence-corrected chi connectivity index (χ0v) is 9.25. The summed E-state index contributed by atoms with van der Waals surface area (Å²) in [6.45, 7) is 1.77. The van der Waals surface area contributed by atoms with Gasteiger partial charge < -0.3 is 10.2 Å². The maximum atomic E-state index is 11.1. The van der Waals surface area contributed by atoms with Crippen LogP contribution in [0.3, 0.4) is 0 Å². The Labute approximate surface area is 98.2 Å². The molecule has 2 rings (SSSR count). The molecule has 1 atom stereocenters. The van der Waals surface area contributed by atoms with E-state index in [2.05, 4.69) is 0 Å². The Hall–Kier alpha value is -2.10. The second kappa shape index (κ2) is 4.05. The van der Waals surface area contributed by atoms with Gasteiger partial charge in [-0.1, -0.05) is 35.9 Å². The molecule has 17 heavy (non-hydrogen) atoms. The standard InChI is InChI=1S/C13H12O4/c1-7-6-8-4-2-3-5-9(8)10(7)11(12(14)15)13(16)17/h2-6,10-11H,1H3,(H,14,15)(H,16,17). The molecule has 4 nitrogen and oxygen atoms in total. The highest BCUT2D eigenvalue weighted by Crippen LogP contribution is 2.41. The average molecular weight is 232 g/mol. The summed E-state index contributed by atoms with van der Waals surface area (Å²) in [4.78, 5) is 22.2. The number of hydrogen-bond donors (Lipinski definition) is 2. The van der Waals surface area contributed by atoms with Crippen LogP contribution in [0.25, 0.3) is 6.08 Å². The van der Waals surface area contributed by atoms with E-state index in [9.17, 15) is 9.59 Å². The second-order valence-corrected chi connectivity index (χ2v) is 4.15. The number of fused-ring (bicyclic) bond motifs is 1. The summed E-state index contributed by atoms with van der Waals surface area (Å²) in [5.41, 5.74) is 2.46. The monoisotopic (exact) mass is 232 g/mol. The first-order chi connectivity index (χ1) is 8.02. The van der Waals surface area contributed by atoms with Crippen LogP contribution in [-0.2, 0) is 9.59 Å². The molecule has 1 aliphatic rings. The molecule has 0 saturated heterocycles. The molecule has 1 aromatic carbocycles. The van der Waals surface area contributed by atoms with Crippen LogP contribution < -0.4 is 0 Å². The van der Waals surface area contributed by atoms with Crippen molar-refractivity contribution in [1.29, 1.82) is 0 Å². The van der Waals surface area contributed by atoms with E-state index in [-0.39, 0.29) is 0 Å². The number of rotatable bonds is 3. The summed E-state index contributed by atoms with van der Waals surface area (Å²) in [6, 6.07) is 7.28. The lowest BCUT2D eigenvalue weighted by atomic mass is 9.84. The molecule has 0 spiro atoms. The predicted molar refractivity (Wildman–Crippen MR) is 61.6 cm³/mol. The summed E-state index contributed by atoms with van der Waals surface area (Å²) in [5, 5.41) is 18.1. The van der Waals surface area contributed by atoms with Gasteiger partial charge in [0.15, 0.2) is 5.92 Å². The Morgan fingerprint density at radius 2 is 1.76 bits per heavy atom. The van der Waals surface area contributed by atoms with E-state index in [0.29, 0.717) is 0 Å². The summed E-state index contributed by atoms with van der Waals surface area (Å²) < 4.78 is 0. The lowest BCUT2D eigenvalue weighted by Gasteiger charge is -2.18. The van der Waals surface area contributed by atoms with Crippen LogP contribution >= 0.6 is 0 Å². The third kappa shape index (κ3) is 1.82. The molecular formula is C13H12O4. The van der Waals surface area contributed by atoms with Crippen LogP contribution in [-0.4, -0.2) is 22.2 Å². The maximum Gasteiger partial charge on any atom is 0.318 e. The van der Waals surface area contributed by atoms with Crippen molar-refractivity contribution in [3.63, 3.8) is 0 Å². The van der Waals surface area contributed by atoms with E-state index in [4.69, 9.17) is 10.2 Å². The Kier molecular flexibility index (Phi) is 2.71. The van der Waals surface area contributed by atoms with Crippen LogP contribution in [0.4, 0.5) is 0 Å². The van der Waals surface area contributed by atoms with Crippen LogP contribution in [0, 0.1) is 5.92 Å². The molecule has 0 aliphatic heterocycles. The summed E-state index contributed by atoms with van der Waals surface area (Å²) in [6.07, 6.45) is 1.85. The summed E-state index contributed by atoms with van der Waals surface area (Å²) in [5.74, 6) is -4.59. The van der Waals surface area contributed by atoms with Gasteiger partial charge >= 0.3 is 11.9 Å². The molecule has 88 valence electrons. The summed E-state index contributed by atoms with van der Waals surface area (Å²) >= 11 is 0. The lowest BCUT2D eigenvalue weighted by Crippen LogP contribution is -2.29. The fourth-order valence-corrected chi connectivity index (χ4v) is 2.34. The number of aliphatic carboxylic acids is 2. The zero-order valence-electron chi connectivity index (χ0n) is 9.25. The van der Waals surface area contributed by atoms with Gasteiger partial charge in [0.2, 0.25) is 0 Å². The van der Waals surface area contributed by atoms with Crippen LogP contribution in [0.5, 0.6) is 0 Å². The Balaban J connectivity index is 2.49. The fraction of sp³-hybridized carbons (Fsp3) is 0.231. The van der Waals surface area contributed by atoms with Gasteiger partial charge in [-0.2, -0.15) is 0 Å². The molecule has 1 unspecified atom stereocenters. The fourth-order valence-electron chi connectivity index (χ4n) is 2.34. The van der Waals surface area contributed by atoms with E-state index in [1.807, 2.05) is 18.2 Å². The Morgan fingerprint density at radius 3 is 2.35 bits per heavy atom. The lowest BCUT2D eigenvalue weighted by molar-refractivity contribution is -0.155. The van der Waals surface area contributed by atoms with Gasteiger partial charge in [-0.25, -0.2) is 0 Å². The number of allylic oxidation sites excluding steroid dienone is 1. The van der Waals surface area contributed by atoms with Crippen molar-refractivity contribution in [2.75, 3.05) is 0 Å². The van der Waals surface area contributed by atoms with Gasteiger partial charge in [0, 0.05) is 5.92 Å². The molecule has 2 N–H and O–H groups in total. The van der Waals surface area contributed by atoms with Crippen molar-refractivity contribution in [1.82, 2.24) is 0 Å². The maximum absolute atomic E-state index is 11.1. The van der Waals surface area contributed by atoms with Crippen molar-refractivity contribution < 1.29 is 19.8 Å². The van der Waals surface area contributed by atoms with Gasteiger partial charge in [-0.3, -0.25) is 9.59 Å². The van der Waals surface area contributed by atoms with E-state index < -0.39 is 23.8 Å². The molecule has 1 aliphatic carbocycles. The van der Waals surface area contributed by atoms with Crippen LogP contribution in [0.15, 0.2) is 29.8 Å². The third-order valence-corrected chi connectivity index (χ3v) is 3.07. The highest BCUT2D eigenvalue weighted by Gasteiger charge is 2.39. The van der Waals surface area contributed by atoms with Crippen molar-refractivity contribution in [3.05, 3.63) is 41.0 Å². The second-order valence-electron chi connectivity index (χ2n) is 4.15. The number of hydrogen-bond acceptors (Lipinski definition) is 2. The van der Waals surface area contributed by atoms with E-state index in [0.717, 1.165) is 16.7 Å². The molecule has 0 bridgehead atoms. The van der Waals surface area contributed by atoms with E-state index >= 15 is 0 Å². The highest BCUT2D eigenvalue weighted by atomic mass is 16.4. The topological polar surface area (TPSA) is 74.6 Å². The van der Waals surface area contributed by atoms with Gasteiger partial charge in [-0.15, -0.1) is 0 Å². The van der Waals surface area contributed by atoms with Crippen molar-refractivity contribution >= 4 is 18.0 Å². The number of benzene rings is 1. The first kappa shape index (κ1) is 11.4. The number of carboxylic acids is 2. The minimum Gasteiger partial charge on any atom is -0.481 e. The largest absolute Gasteiger partial charge is 0.481 e. The van der Waals surface area contributed by atoms with E-state index in [1.54, 1.807) is 19.1 Å². The normalized spacial score (nSPS) is 17.8. The minimum atomic E-state index is -1.42. The van der Waals surface area contributed by atoms with Crippen LogP contribution in [0.2, 0.25) is 0 Å². The SMILES string of the molecule is CC1=Cc2ccccc2C1C(C(=O)O)C(=O)O. The molecule has 0 radical (unpaired) electrons. The molecule has 4 heteroatoms. The van der Waals surface area contributed by atoms with Crippen molar-refractivity contribution in [2.45, 2.75) is 12.8 Å². The van der Waals surface area contributed by atoms with Gasteiger partial charge in [0.25, 0.3) is 0 Å². The quantitative estimate of drug-likeness (QED) is 0.781. The van der Waals surface area contributed by atoms with Crippen molar-refractivity contribution in [3.8, 4) is 0 Å². The Morgan fingerprint density at radius 1 is 1.18 bits per heavy atom. The molecule has 0 saturated carbocycles. The zero-order chi connectivity index (χ0) is 12.6. The van der Waals surface area contributed by atoms with Crippen molar-refractivity contribution in [2.24, 2.45) is 5.92 Å².